The number of alkyl halides is 2. The highest BCUT2D eigenvalue weighted by Gasteiger charge is 2.15. The van der Waals surface area contributed by atoms with E-state index in [1.807, 2.05) is 5.43 Å². The van der Waals surface area contributed by atoms with Crippen LogP contribution in [0.1, 0.15) is 0 Å². The summed E-state index contributed by atoms with van der Waals surface area (Å²) in [6.07, 6.45) is -4.61. The van der Waals surface area contributed by atoms with Gasteiger partial charge in [0.25, 0.3) is 6.43 Å². The smallest absolute Gasteiger partial charge is 0.265 e. The number of hydrogen-bond acceptors (Lipinski definition) is 3. The van der Waals surface area contributed by atoms with Crippen LogP contribution < -0.4 is 17.0 Å². The second kappa shape index (κ2) is 4.80. The summed E-state index contributed by atoms with van der Waals surface area (Å²) < 4.78 is 23.1. The Labute approximate surface area is 62.1 Å². The van der Waals surface area contributed by atoms with Crippen LogP contribution in [0.4, 0.5) is 8.78 Å². The molecule has 0 amide bonds. The van der Waals surface area contributed by atoms with E-state index in [-0.39, 0.29) is 5.96 Å². The molecule has 1 unspecified atom stereocenters. The van der Waals surface area contributed by atoms with E-state index in [0.29, 0.717) is 0 Å². The average Bonchev–Trinajstić information content (AvgIpc) is 1.99. The van der Waals surface area contributed by atoms with Gasteiger partial charge in [-0.1, -0.05) is 0 Å². The molecule has 11 heavy (non-hydrogen) atoms. The summed E-state index contributed by atoms with van der Waals surface area (Å²) in [5.74, 6) is 4.57. The SMILES string of the molecule is NNC(N)=NCC(O)C(F)F. The van der Waals surface area contributed by atoms with Gasteiger partial charge >= 0.3 is 0 Å². The monoisotopic (exact) mass is 168 g/mol. The molecule has 0 aliphatic rings. The van der Waals surface area contributed by atoms with Gasteiger partial charge in [-0.15, -0.1) is 0 Å². The highest BCUT2D eigenvalue weighted by molar-refractivity contribution is 5.77. The Bertz CT molecular complexity index is 140. The Morgan fingerprint density at radius 3 is 2.55 bits per heavy atom. The number of nitrogens with two attached hydrogens (primary N) is 2. The molecule has 7 heteroatoms. The number of aliphatic hydroxyl groups is 1. The van der Waals surface area contributed by atoms with Crippen molar-refractivity contribution >= 4 is 5.96 Å². The second-order valence-corrected chi connectivity index (χ2v) is 1.77. The van der Waals surface area contributed by atoms with Crippen LogP contribution in [0.3, 0.4) is 0 Å². The molecule has 0 aliphatic carbocycles. The standard InChI is InChI=1S/C4H10F2N4O/c5-3(6)2(11)1-9-4(7)10-8/h2-3,11H,1,8H2,(H3,7,9,10). The molecule has 0 saturated heterocycles. The minimum absolute atomic E-state index is 0.190. The Kier molecular flexibility index (Phi) is 4.39. The average molecular weight is 168 g/mol. The predicted octanol–water partition coefficient (Wildman–Crippen LogP) is -1.61. The molecule has 0 bridgehead atoms. The molecule has 0 rings (SSSR count). The first-order valence-electron chi connectivity index (χ1n) is 2.80. The van der Waals surface area contributed by atoms with Crippen molar-refractivity contribution in [1.29, 1.82) is 0 Å². The lowest BCUT2D eigenvalue weighted by atomic mass is 10.4. The van der Waals surface area contributed by atoms with Gasteiger partial charge in [-0.2, -0.15) is 0 Å². The molecule has 1 atom stereocenters. The number of hydrazine groups is 1. The van der Waals surface area contributed by atoms with Crippen molar-refractivity contribution in [2.45, 2.75) is 12.5 Å². The Morgan fingerprint density at radius 2 is 2.18 bits per heavy atom. The van der Waals surface area contributed by atoms with Gasteiger partial charge in [0.1, 0.15) is 6.10 Å². The number of aliphatic hydroxyl groups excluding tert-OH is 1. The van der Waals surface area contributed by atoms with Crippen LogP contribution >= 0.6 is 0 Å². The third-order valence-electron chi connectivity index (χ3n) is 0.887. The van der Waals surface area contributed by atoms with E-state index < -0.39 is 19.1 Å². The summed E-state index contributed by atoms with van der Waals surface area (Å²) in [5, 5.41) is 8.49. The van der Waals surface area contributed by atoms with Gasteiger partial charge < -0.3 is 10.8 Å². The molecule has 5 nitrogen and oxygen atoms in total. The molecule has 0 saturated carbocycles. The largest absolute Gasteiger partial charge is 0.385 e. The van der Waals surface area contributed by atoms with Gasteiger partial charge in [-0.25, -0.2) is 19.6 Å². The van der Waals surface area contributed by atoms with Crippen LogP contribution in [0.25, 0.3) is 0 Å². The number of rotatable bonds is 3. The van der Waals surface area contributed by atoms with Crippen LogP contribution in [0.15, 0.2) is 4.99 Å². The molecular formula is C4H10F2N4O. The number of aliphatic imine (C=N–C) groups is 1. The summed E-state index contributed by atoms with van der Waals surface area (Å²) in [6.45, 7) is -0.465. The van der Waals surface area contributed by atoms with Crippen LogP contribution in [-0.4, -0.2) is 30.1 Å². The van der Waals surface area contributed by atoms with E-state index in [4.69, 9.17) is 16.7 Å². The lowest BCUT2D eigenvalue weighted by molar-refractivity contribution is 0.00175. The molecule has 0 spiro atoms. The van der Waals surface area contributed by atoms with Crippen molar-refractivity contribution in [2.24, 2.45) is 16.6 Å². The fourth-order valence-corrected chi connectivity index (χ4v) is 0.317. The van der Waals surface area contributed by atoms with E-state index in [1.54, 1.807) is 0 Å². The third kappa shape index (κ3) is 4.45. The number of nitrogens with one attached hydrogen (secondary N) is 1. The molecule has 0 aliphatic heterocycles. The van der Waals surface area contributed by atoms with Gasteiger partial charge in [0.15, 0.2) is 0 Å². The van der Waals surface area contributed by atoms with E-state index in [1.165, 1.54) is 0 Å². The molecular weight excluding hydrogens is 158 g/mol. The van der Waals surface area contributed by atoms with Crippen molar-refractivity contribution in [1.82, 2.24) is 5.43 Å². The quantitative estimate of drug-likeness (QED) is 0.176. The van der Waals surface area contributed by atoms with Crippen LogP contribution in [0, 0.1) is 0 Å². The molecule has 0 aromatic carbocycles. The molecule has 0 aromatic rings. The third-order valence-corrected chi connectivity index (χ3v) is 0.887. The summed E-state index contributed by atoms with van der Waals surface area (Å²) >= 11 is 0. The molecule has 0 aromatic heterocycles. The van der Waals surface area contributed by atoms with Gasteiger partial charge in [0, 0.05) is 0 Å². The summed E-state index contributed by atoms with van der Waals surface area (Å²) in [4.78, 5) is 3.29. The fourth-order valence-electron chi connectivity index (χ4n) is 0.317. The Hall–Kier alpha value is -0.950. The summed E-state index contributed by atoms with van der Waals surface area (Å²) in [7, 11) is 0. The van der Waals surface area contributed by atoms with E-state index in [0.717, 1.165) is 0 Å². The lowest BCUT2D eigenvalue weighted by Gasteiger charge is -2.05. The second-order valence-electron chi connectivity index (χ2n) is 1.77. The maximum absolute atomic E-state index is 11.6. The van der Waals surface area contributed by atoms with E-state index in [9.17, 15) is 8.78 Å². The van der Waals surface area contributed by atoms with Gasteiger partial charge in [-0.05, 0) is 0 Å². The fraction of sp³-hybridized carbons (Fsp3) is 0.750. The molecule has 6 N–H and O–H groups in total. The van der Waals surface area contributed by atoms with Gasteiger partial charge in [-0.3, -0.25) is 5.43 Å². The number of nitrogens with zero attached hydrogens (tertiary/aromatic N) is 1. The minimum atomic E-state index is -2.82. The number of guanidine groups is 1. The minimum Gasteiger partial charge on any atom is -0.385 e. The maximum atomic E-state index is 11.6. The zero-order chi connectivity index (χ0) is 8.85. The Morgan fingerprint density at radius 1 is 1.64 bits per heavy atom. The van der Waals surface area contributed by atoms with Crippen molar-refractivity contribution < 1.29 is 13.9 Å². The lowest BCUT2D eigenvalue weighted by Crippen LogP contribution is -2.38. The maximum Gasteiger partial charge on any atom is 0.265 e. The number of hydrogen-bond donors (Lipinski definition) is 4. The number of halogens is 2. The first-order valence-corrected chi connectivity index (χ1v) is 2.80. The van der Waals surface area contributed by atoms with Crippen LogP contribution in [-0.2, 0) is 0 Å². The van der Waals surface area contributed by atoms with Crippen molar-refractivity contribution in [3.63, 3.8) is 0 Å². The van der Waals surface area contributed by atoms with E-state index in [2.05, 4.69) is 4.99 Å². The van der Waals surface area contributed by atoms with Crippen molar-refractivity contribution in [2.75, 3.05) is 6.54 Å². The topological polar surface area (TPSA) is 96.7 Å². The first-order chi connectivity index (χ1) is 5.07. The highest BCUT2D eigenvalue weighted by atomic mass is 19.3. The van der Waals surface area contributed by atoms with E-state index >= 15 is 0 Å². The van der Waals surface area contributed by atoms with Gasteiger partial charge in [0.2, 0.25) is 5.96 Å². The first kappa shape index (κ1) is 10.0. The zero-order valence-corrected chi connectivity index (χ0v) is 5.67. The zero-order valence-electron chi connectivity index (χ0n) is 5.67. The molecule has 66 valence electrons. The molecule has 0 radical (unpaired) electrons. The molecule has 0 fully saturated rings. The summed E-state index contributed by atoms with van der Waals surface area (Å²) in [5.41, 5.74) is 6.91. The van der Waals surface area contributed by atoms with Crippen LogP contribution in [0.2, 0.25) is 0 Å². The van der Waals surface area contributed by atoms with Gasteiger partial charge in [0.05, 0.1) is 6.54 Å². The van der Waals surface area contributed by atoms with Crippen molar-refractivity contribution in [3.8, 4) is 0 Å². The Balaban J connectivity index is 3.68. The summed E-state index contributed by atoms with van der Waals surface area (Å²) in [6, 6.07) is 0. The molecule has 0 heterocycles. The van der Waals surface area contributed by atoms with Crippen LogP contribution in [0.5, 0.6) is 0 Å². The predicted molar refractivity (Wildman–Crippen MR) is 35.8 cm³/mol. The van der Waals surface area contributed by atoms with Crippen molar-refractivity contribution in [3.05, 3.63) is 0 Å². The highest BCUT2D eigenvalue weighted by Crippen LogP contribution is 1.99. The normalized spacial score (nSPS) is 15.2.